The van der Waals surface area contributed by atoms with Gasteiger partial charge in [0, 0.05) is 23.1 Å². The summed E-state index contributed by atoms with van der Waals surface area (Å²) in [5.74, 6) is 0.718. The molecule has 1 aliphatic rings. The van der Waals surface area contributed by atoms with Gasteiger partial charge in [0.15, 0.2) is 0 Å². The molecule has 26 heavy (non-hydrogen) atoms. The molecule has 2 aromatic carbocycles. The fourth-order valence-corrected chi connectivity index (χ4v) is 3.57. The van der Waals surface area contributed by atoms with Crippen LogP contribution in [0.3, 0.4) is 0 Å². The summed E-state index contributed by atoms with van der Waals surface area (Å²) in [5.41, 5.74) is 2.53. The summed E-state index contributed by atoms with van der Waals surface area (Å²) in [6.07, 6.45) is 1.86. The maximum absolute atomic E-state index is 9.48. The van der Waals surface area contributed by atoms with Crippen LogP contribution < -0.4 is 5.32 Å². The number of hydrogen-bond acceptors (Lipinski definition) is 4. The fourth-order valence-electron chi connectivity index (χ4n) is 3.40. The van der Waals surface area contributed by atoms with Crippen molar-refractivity contribution in [1.29, 1.82) is 5.26 Å². The summed E-state index contributed by atoms with van der Waals surface area (Å²) in [7, 11) is 0. The number of nitrogens with one attached hydrogen (secondary N) is 1. The third kappa shape index (κ3) is 3.50. The minimum atomic E-state index is 0.0807. The van der Waals surface area contributed by atoms with E-state index >= 15 is 0 Å². The largest absolute Gasteiger partial charge is 0.373 e. The van der Waals surface area contributed by atoms with E-state index in [1.165, 1.54) is 5.56 Å². The van der Waals surface area contributed by atoms with Crippen molar-refractivity contribution in [3.8, 4) is 6.07 Å². The fraction of sp³-hybridized carbons (Fsp3) is 0.238. The molecule has 5 heteroatoms. The number of hydrogen-bond donors (Lipinski definition) is 1. The summed E-state index contributed by atoms with van der Waals surface area (Å²) in [6.45, 7) is 0.700. The van der Waals surface area contributed by atoms with Gasteiger partial charge < -0.3 is 10.1 Å². The number of benzene rings is 2. The number of aromatic nitrogens is 1. The molecule has 1 saturated heterocycles. The van der Waals surface area contributed by atoms with Crippen LogP contribution in [0.15, 0.2) is 54.6 Å². The molecule has 4 nitrogen and oxygen atoms in total. The predicted molar refractivity (Wildman–Crippen MR) is 103 cm³/mol. The van der Waals surface area contributed by atoms with Gasteiger partial charge >= 0.3 is 0 Å². The van der Waals surface area contributed by atoms with Crippen LogP contribution in [-0.2, 0) is 4.74 Å². The summed E-state index contributed by atoms with van der Waals surface area (Å²) < 4.78 is 5.93. The van der Waals surface area contributed by atoms with Crippen LogP contribution in [0.4, 0.5) is 5.82 Å². The maximum Gasteiger partial charge on any atom is 0.128 e. The summed E-state index contributed by atoms with van der Waals surface area (Å²) >= 11 is 6.05. The first kappa shape index (κ1) is 16.8. The Morgan fingerprint density at radius 2 is 2.00 bits per heavy atom. The molecule has 2 unspecified atom stereocenters. The molecule has 0 radical (unpaired) electrons. The third-order valence-corrected chi connectivity index (χ3v) is 4.93. The van der Waals surface area contributed by atoms with Crippen LogP contribution in [0.5, 0.6) is 0 Å². The van der Waals surface area contributed by atoms with Crippen LogP contribution in [-0.4, -0.2) is 17.6 Å². The van der Waals surface area contributed by atoms with Crippen molar-refractivity contribution in [2.75, 3.05) is 11.9 Å². The average Bonchev–Trinajstić information content (AvgIpc) is 2.68. The van der Waals surface area contributed by atoms with Gasteiger partial charge in [-0.2, -0.15) is 5.26 Å². The number of fused-ring (bicyclic) bond motifs is 1. The molecule has 0 aliphatic carbocycles. The Hall–Kier alpha value is -2.61. The van der Waals surface area contributed by atoms with Gasteiger partial charge in [0.2, 0.25) is 0 Å². The second-order valence-electron chi connectivity index (χ2n) is 6.46. The Labute approximate surface area is 157 Å². The second-order valence-corrected chi connectivity index (χ2v) is 6.90. The van der Waals surface area contributed by atoms with Crippen LogP contribution in [0.1, 0.15) is 30.1 Å². The Balaban J connectivity index is 1.57. The van der Waals surface area contributed by atoms with Gasteiger partial charge in [-0.25, -0.2) is 4.98 Å². The average molecular weight is 364 g/mol. The molecule has 130 valence electrons. The maximum atomic E-state index is 9.48. The van der Waals surface area contributed by atoms with E-state index in [9.17, 15) is 5.26 Å². The molecule has 1 aliphatic heterocycles. The first-order valence-electron chi connectivity index (χ1n) is 8.66. The number of halogens is 1. The van der Waals surface area contributed by atoms with Gasteiger partial charge in [-0.3, -0.25) is 0 Å². The molecular formula is C21H18ClN3O. The molecule has 2 heterocycles. The van der Waals surface area contributed by atoms with Crippen LogP contribution >= 0.6 is 11.6 Å². The molecular weight excluding hydrogens is 346 g/mol. The normalized spacial score (nSPS) is 19.8. The van der Waals surface area contributed by atoms with Crippen molar-refractivity contribution < 1.29 is 4.74 Å². The zero-order chi connectivity index (χ0) is 17.9. The standard InChI is InChI=1S/C21H18ClN3O/c22-16-6-7-19-18(11-16)15(13-23)10-21(25-19)24-17-8-9-26-20(12-17)14-4-2-1-3-5-14/h1-7,10-11,17,20H,8-9,12H2,(H,24,25). The Morgan fingerprint density at radius 3 is 2.81 bits per heavy atom. The zero-order valence-corrected chi connectivity index (χ0v) is 14.9. The second kappa shape index (κ2) is 7.33. The molecule has 0 saturated carbocycles. The lowest BCUT2D eigenvalue weighted by atomic mass is 9.97. The van der Waals surface area contributed by atoms with Crippen molar-refractivity contribution >= 4 is 28.3 Å². The summed E-state index contributed by atoms with van der Waals surface area (Å²) in [4.78, 5) is 4.66. The number of nitrogens with zero attached hydrogens (tertiary/aromatic N) is 2. The highest BCUT2D eigenvalue weighted by atomic mass is 35.5. The van der Waals surface area contributed by atoms with Crippen molar-refractivity contribution in [2.24, 2.45) is 0 Å². The molecule has 3 aromatic rings. The lowest BCUT2D eigenvalue weighted by Gasteiger charge is -2.30. The van der Waals surface area contributed by atoms with E-state index in [4.69, 9.17) is 16.3 Å². The van der Waals surface area contributed by atoms with Crippen molar-refractivity contribution in [3.63, 3.8) is 0 Å². The molecule has 0 amide bonds. The molecule has 4 rings (SSSR count). The van der Waals surface area contributed by atoms with E-state index in [0.29, 0.717) is 17.2 Å². The SMILES string of the molecule is N#Cc1cc(NC2CCOC(c3ccccc3)C2)nc2ccc(Cl)cc12. The zero-order valence-electron chi connectivity index (χ0n) is 14.2. The Morgan fingerprint density at radius 1 is 1.15 bits per heavy atom. The highest BCUT2D eigenvalue weighted by Crippen LogP contribution is 2.30. The lowest BCUT2D eigenvalue weighted by molar-refractivity contribution is 0.00975. The Kier molecular flexibility index (Phi) is 4.75. The van der Waals surface area contributed by atoms with Crippen LogP contribution in [0.25, 0.3) is 10.9 Å². The van der Waals surface area contributed by atoms with Crippen LogP contribution in [0.2, 0.25) is 5.02 Å². The molecule has 0 bridgehead atoms. The predicted octanol–water partition coefficient (Wildman–Crippen LogP) is 5.09. The van der Waals surface area contributed by atoms with Gasteiger partial charge in [-0.1, -0.05) is 41.9 Å². The van der Waals surface area contributed by atoms with E-state index < -0.39 is 0 Å². The van der Waals surface area contributed by atoms with E-state index in [-0.39, 0.29) is 12.1 Å². The third-order valence-electron chi connectivity index (χ3n) is 4.70. The quantitative estimate of drug-likeness (QED) is 0.704. The van der Waals surface area contributed by atoms with Crippen molar-refractivity contribution in [1.82, 2.24) is 4.98 Å². The smallest absolute Gasteiger partial charge is 0.128 e. The highest BCUT2D eigenvalue weighted by Gasteiger charge is 2.24. The van der Waals surface area contributed by atoms with E-state index in [0.717, 1.165) is 29.6 Å². The minimum Gasteiger partial charge on any atom is -0.373 e. The van der Waals surface area contributed by atoms with Crippen LogP contribution in [0, 0.1) is 11.3 Å². The number of rotatable bonds is 3. The van der Waals surface area contributed by atoms with E-state index in [1.54, 1.807) is 18.2 Å². The minimum absolute atomic E-state index is 0.0807. The van der Waals surface area contributed by atoms with E-state index in [2.05, 4.69) is 28.5 Å². The first-order chi connectivity index (χ1) is 12.7. The van der Waals surface area contributed by atoms with Gasteiger partial charge in [0.1, 0.15) is 5.82 Å². The molecule has 1 N–H and O–H groups in total. The number of pyridine rings is 1. The van der Waals surface area contributed by atoms with Gasteiger partial charge in [0.25, 0.3) is 0 Å². The van der Waals surface area contributed by atoms with Gasteiger partial charge in [-0.05, 0) is 42.7 Å². The number of ether oxygens (including phenoxy) is 1. The first-order valence-corrected chi connectivity index (χ1v) is 9.04. The van der Waals surface area contributed by atoms with Gasteiger partial charge in [0.05, 0.1) is 23.3 Å². The lowest BCUT2D eigenvalue weighted by Crippen LogP contribution is -2.30. The summed E-state index contributed by atoms with van der Waals surface area (Å²) in [5, 5.41) is 14.3. The molecule has 1 fully saturated rings. The van der Waals surface area contributed by atoms with Crippen molar-refractivity contribution in [2.45, 2.75) is 25.0 Å². The number of anilines is 1. The monoisotopic (exact) mass is 363 g/mol. The summed E-state index contributed by atoms with van der Waals surface area (Å²) in [6, 6.07) is 20.0. The van der Waals surface area contributed by atoms with E-state index in [1.807, 2.05) is 24.3 Å². The molecule has 1 aromatic heterocycles. The number of nitriles is 1. The topological polar surface area (TPSA) is 57.9 Å². The highest BCUT2D eigenvalue weighted by molar-refractivity contribution is 6.31. The molecule has 0 spiro atoms. The Bertz CT molecular complexity index is 968. The van der Waals surface area contributed by atoms with Crippen molar-refractivity contribution in [3.05, 3.63) is 70.7 Å². The molecule has 2 atom stereocenters. The van der Waals surface area contributed by atoms with Gasteiger partial charge in [-0.15, -0.1) is 0 Å².